The maximum absolute atomic E-state index is 11.6. The van der Waals surface area contributed by atoms with E-state index < -0.39 is 0 Å². The molecule has 23 heteroatoms. The Bertz CT molecular complexity index is 3600. The van der Waals surface area contributed by atoms with Crippen molar-refractivity contribution >= 4 is 56.6 Å². The van der Waals surface area contributed by atoms with Crippen molar-refractivity contribution in [3.63, 3.8) is 0 Å². The number of carbonyl (C=O) groups excluding carboxylic acids is 2. The number of aryl methyl sites for hydroxylation is 6. The number of nitrogens with zero attached hydrogens (tertiary/aromatic N) is 17. The third-order valence-electron chi connectivity index (χ3n) is 12.4. The Morgan fingerprint density at radius 3 is 1.30 bits per heavy atom. The Morgan fingerprint density at radius 2 is 0.909 bits per heavy atom. The first-order valence-electron chi connectivity index (χ1n) is 25.1. The molecule has 11 heterocycles. The van der Waals surface area contributed by atoms with Crippen LogP contribution in [0.25, 0.3) is 51.6 Å². The van der Waals surface area contributed by atoms with E-state index in [1.54, 1.807) is 44.6 Å². The number of halogens is 1. The molecule has 4 N–H and O–H groups in total. The fraction of sp³-hybridized carbons (Fsp3) is 0.296. The lowest BCUT2D eigenvalue weighted by Crippen LogP contribution is -2.17. The van der Waals surface area contributed by atoms with Crippen molar-refractivity contribution in [2.45, 2.75) is 81.1 Å². The Kier molecular flexibility index (Phi) is 16.1. The number of pyridine rings is 3. The van der Waals surface area contributed by atoms with Gasteiger partial charge in [0.1, 0.15) is 22.1 Å². The summed E-state index contributed by atoms with van der Waals surface area (Å²) in [5, 5.41) is 18.8. The van der Waals surface area contributed by atoms with Gasteiger partial charge in [-0.15, -0.1) is 0 Å². The molecule has 394 valence electrons. The Hall–Kier alpha value is -8.86. The zero-order valence-electron chi connectivity index (χ0n) is 44.2. The first kappa shape index (κ1) is 53.0. The fourth-order valence-electron chi connectivity index (χ4n) is 9.03. The molecule has 0 aliphatic carbocycles. The summed E-state index contributed by atoms with van der Waals surface area (Å²) in [7, 11) is 0. The van der Waals surface area contributed by atoms with Crippen LogP contribution in [0.5, 0.6) is 0 Å². The molecule has 22 nitrogen and oxygen atoms in total. The first-order chi connectivity index (χ1) is 37.0. The molecule has 2 aliphatic rings. The number of amides is 2. The minimum absolute atomic E-state index is 0.187. The average Bonchev–Trinajstić information content (AvgIpc) is 4.28. The van der Waals surface area contributed by atoms with Gasteiger partial charge in [0.25, 0.3) is 17.8 Å². The van der Waals surface area contributed by atoms with Gasteiger partial charge in [0.05, 0.1) is 57.9 Å². The van der Waals surface area contributed by atoms with Crippen molar-refractivity contribution in [1.82, 2.24) is 74.2 Å². The van der Waals surface area contributed by atoms with Gasteiger partial charge >= 0.3 is 0 Å². The normalized spacial score (nSPS) is 12.9. The second-order valence-electron chi connectivity index (χ2n) is 18.9. The van der Waals surface area contributed by atoms with Crippen LogP contribution in [-0.4, -0.2) is 112 Å². The SMILES string of the molecule is CC(=O)Nc1cc(-c2ccnc(Br)c2)nc(-n2nc(C)cc2C)n1.CC(=O)Nc1cc(-c2cncc(N3CCCC3)c2)nc(-n2nc(C)cc2C)n1.Cc1cc(C)n(-c2nc(N)cc(-c3cncc(N4CCCC4)c3)n2)n1. The molecule has 0 unspecified atom stereocenters. The second-order valence-corrected chi connectivity index (χ2v) is 19.7. The number of nitrogens with one attached hydrogen (secondary N) is 2. The second kappa shape index (κ2) is 23.4. The van der Waals surface area contributed by atoms with Crippen LogP contribution < -0.4 is 26.2 Å². The molecule has 2 amide bonds. The smallest absolute Gasteiger partial charge is 0.253 e. The van der Waals surface area contributed by atoms with E-state index in [0.29, 0.717) is 51.3 Å². The fourth-order valence-corrected chi connectivity index (χ4v) is 9.39. The van der Waals surface area contributed by atoms with E-state index in [4.69, 9.17) is 10.7 Å². The molecule has 0 spiro atoms. The summed E-state index contributed by atoms with van der Waals surface area (Å²) < 4.78 is 5.75. The number of nitrogen functional groups attached to an aromatic ring is 1. The number of carbonyl (C=O) groups is 2. The van der Waals surface area contributed by atoms with E-state index in [9.17, 15) is 9.59 Å². The van der Waals surface area contributed by atoms with Gasteiger partial charge in [-0.25, -0.2) is 34.0 Å². The minimum atomic E-state index is -0.199. The standard InChI is InChI=1S/C20H23N7O.C18H21N7.C16H15BrN6O/c1-13-8-14(2)27(25-13)20-23-18(10-19(24-20)22-15(3)28)16-9-17(12-21-11-16)26-6-4-5-7-26;1-12-7-13(2)25(23-12)18-21-16(9-17(19)22-18)14-8-15(11-20-10-14)24-5-3-4-6-24;1-9-6-10(2)23(22-9)16-20-13(8-15(21-16)19-11(3)24)12-4-5-18-14(17)7-12/h8-12H,4-7H2,1-3H3,(H,22,23,24,28);7-11H,3-6H2,1-2H3,(H2,19,21,22);4-8H,1-3H3,(H,19,20,21,24). The minimum Gasteiger partial charge on any atom is -0.384 e. The molecule has 0 bridgehead atoms. The van der Waals surface area contributed by atoms with Gasteiger partial charge in [-0.05, 0) is 126 Å². The Balaban J connectivity index is 0.000000141. The van der Waals surface area contributed by atoms with E-state index in [0.717, 1.165) is 94.1 Å². The van der Waals surface area contributed by atoms with Crippen LogP contribution in [0.1, 0.15) is 73.7 Å². The Morgan fingerprint density at radius 1 is 0.506 bits per heavy atom. The quantitative estimate of drug-likeness (QED) is 0.108. The summed E-state index contributed by atoms with van der Waals surface area (Å²) in [4.78, 5) is 67.8. The Labute approximate surface area is 453 Å². The van der Waals surface area contributed by atoms with Crippen LogP contribution >= 0.6 is 15.9 Å². The summed E-state index contributed by atoms with van der Waals surface area (Å²) >= 11 is 3.35. The predicted octanol–water partition coefficient (Wildman–Crippen LogP) is 8.49. The number of hydrogen-bond acceptors (Lipinski definition) is 17. The third-order valence-corrected chi connectivity index (χ3v) is 12.8. The van der Waals surface area contributed by atoms with Crippen molar-refractivity contribution in [3.8, 4) is 51.6 Å². The van der Waals surface area contributed by atoms with Gasteiger partial charge in [0.15, 0.2) is 0 Å². The molecule has 9 aromatic heterocycles. The molecule has 11 rings (SSSR count). The van der Waals surface area contributed by atoms with Gasteiger partial charge in [-0.1, -0.05) is 0 Å². The zero-order chi connectivity index (χ0) is 54.3. The van der Waals surface area contributed by atoms with Crippen molar-refractivity contribution in [3.05, 3.63) is 130 Å². The highest BCUT2D eigenvalue weighted by atomic mass is 79.9. The van der Waals surface area contributed by atoms with Crippen molar-refractivity contribution in [2.24, 2.45) is 0 Å². The van der Waals surface area contributed by atoms with Crippen LogP contribution in [0.3, 0.4) is 0 Å². The molecule has 0 radical (unpaired) electrons. The van der Waals surface area contributed by atoms with Gasteiger partial charge in [0.2, 0.25) is 11.8 Å². The van der Waals surface area contributed by atoms with E-state index in [-0.39, 0.29) is 11.8 Å². The third kappa shape index (κ3) is 13.2. The predicted molar refractivity (Wildman–Crippen MR) is 299 cm³/mol. The molecular formula is C54H59BrN20O2. The molecule has 0 aromatic carbocycles. The van der Waals surface area contributed by atoms with Crippen LogP contribution in [0, 0.1) is 41.5 Å². The van der Waals surface area contributed by atoms with Crippen LogP contribution in [0.4, 0.5) is 28.8 Å². The molecule has 77 heavy (non-hydrogen) atoms. The summed E-state index contributed by atoms with van der Waals surface area (Å²) in [6.07, 6.45) is 13.9. The average molecular weight is 1100 g/mol. The van der Waals surface area contributed by atoms with Crippen LogP contribution in [-0.2, 0) is 9.59 Å². The lowest BCUT2D eigenvalue weighted by molar-refractivity contribution is -0.115. The molecular weight excluding hydrogens is 1040 g/mol. The van der Waals surface area contributed by atoms with Crippen LogP contribution in [0.2, 0.25) is 0 Å². The van der Waals surface area contributed by atoms with Crippen molar-refractivity contribution < 1.29 is 9.59 Å². The van der Waals surface area contributed by atoms with Crippen LogP contribution in [0.15, 0.2) is 96.3 Å². The molecule has 2 saturated heterocycles. The van der Waals surface area contributed by atoms with E-state index in [1.165, 1.54) is 39.5 Å². The molecule has 2 fully saturated rings. The van der Waals surface area contributed by atoms with Crippen molar-refractivity contribution in [1.29, 1.82) is 0 Å². The van der Waals surface area contributed by atoms with E-state index >= 15 is 0 Å². The molecule has 0 atom stereocenters. The lowest BCUT2D eigenvalue weighted by Gasteiger charge is -2.18. The maximum atomic E-state index is 11.6. The molecule has 9 aromatic rings. The highest BCUT2D eigenvalue weighted by Crippen LogP contribution is 2.29. The number of rotatable bonds is 10. The number of anilines is 5. The monoisotopic (exact) mass is 1100 g/mol. The van der Waals surface area contributed by atoms with Crippen molar-refractivity contribution in [2.75, 3.05) is 52.3 Å². The summed E-state index contributed by atoms with van der Waals surface area (Å²) in [6.45, 7) is 18.8. The van der Waals surface area contributed by atoms with Gasteiger partial charge in [0, 0.05) is 111 Å². The summed E-state index contributed by atoms with van der Waals surface area (Å²) in [6, 6.07) is 19.1. The zero-order valence-corrected chi connectivity index (χ0v) is 45.8. The summed E-state index contributed by atoms with van der Waals surface area (Å²) in [5.41, 5.74) is 18.5. The van der Waals surface area contributed by atoms with Gasteiger partial charge in [-0.3, -0.25) is 19.6 Å². The summed E-state index contributed by atoms with van der Waals surface area (Å²) in [5.74, 6) is 2.18. The van der Waals surface area contributed by atoms with E-state index in [2.05, 4.69) is 104 Å². The largest absolute Gasteiger partial charge is 0.384 e. The first-order valence-corrected chi connectivity index (χ1v) is 25.9. The maximum Gasteiger partial charge on any atom is 0.253 e. The number of nitrogens with two attached hydrogens (primary N) is 1. The number of hydrogen-bond donors (Lipinski definition) is 3. The highest BCUT2D eigenvalue weighted by molar-refractivity contribution is 9.10. The van der Waals surface area contributed by atoms with Gasteiger partial charge < -0.3 is 26.2 Å². The highest BCUT2D eigenvalue weighted by Gasteiger charge is 2.19. The topological polar surface area (TPSA) is 260 Å². The number of aromatic nitrogens is 15. The molecule has 2 aliphatic heterocycles. The van der Waals surface area contributed by atoms with Gasteiger partial charge in [-0.2, -0.15) is 30.2 Å². The lowest BCUT2D eigenvalue weighted by atomic mass is 10.2. The molecule has 0 saturated carbocycles. The van der Waals surface area contributed by atoms with E-state index in [1.807, 2.05) is 90.5 Å².